The molecule has 1 fully saturated rings. The van der Waals surface area contributed by atoms with Gasteiger partial charge in [0.2, 0.25) is 5.92 Å². The van der Waals surface area contributed by atoms with Crippen molar-refractivity contribution in [2.24, 2.45) is 5.92 Å². The first-order chi connectivity index (χ1) is 12.1. The molecule has 1 saturated carbocycles. The largest absolute Gasteiger partial charge is 0.302 e. The lowest BCUT2D eigenvalue weighted by Gasteiger charge is -2.27. The van der Waals surface area contributed by atoms with E-state index in [9.17, 15) is 13.6 Å². The summed E-state index contributed by atoms with van der Waals surface area (Å²) in [5.74, 6) is -2.26. The Balaban J connectivity index is 1.57. The second kappa shape index (κ2) is 8.05. The minimum absolute atomic E-state index is 0.0313. The van der Waals surface area contributed by atoms with E-state index in [2.05, 4.69) is 15.0 Å². The number of aromatic nitrogens is 3. The zero-order valence-electron chi connectivity index (χ0n) is 13.7. The number of aldehydes is 1. The summed E-state index contributed by atoms with van der Waals surface area (Å²) in [5, 5.41) is 8.31. The maximum Gasteiger partial charge on any atom is 0.248 e. The standard InChI is InChI=1S/C17H20F2N4OS/c18-17(19)7-5-13(6-8-17)11-23-12-16(21-22-23)14-1-3-15(4-2-14)25-20-9-10-24/h1-4,10,12-13,20H,5-9,11H2. The van der Waals surface area contributed by atoms with Crippen LogP contribution in [0.1, 0.15) is 25.7 Å². The van der Waals surface area contributed by atoms with E-state index in [1.165, 1.54) is 11.9 Å². The predicted octanol–water partition coefficient (Wildman–Crippen LogP) is 3.57. The van der Waals surface area contributed by atoms with Crippen LogP contribution >= 0.6 is 11.9 Å². The van der Waals surface area contributed by atoms with Crippen molar-refractivity contribution in [2.45, 2.75) is 43.0 Å². The average Bonchev–Trinajstić information content (AvgIpc) is 3.06. The molecule has 25 heavy (non-hydrogen) atoms. The van der Waals surface area contributed by atoms with Crippen molar-refractivity contribution in [3.8, 4) is 11.3 Å². The Morgan fingerprint density at radius 3 is 2.68 bits per heavy atom. The highest BCUT2D eigenvalue weighted by Crippen LogP contribution is 2.36. The Kier molecular flexibility index (Phi) is 5.80. The molecule has 1 aliphatic carbocycles. The fourth-order valence-electron chi connectivity index (χ4n) is 2.92. The van der Waals surface area contributed by atoms with Gasteiger partial charge in [0, 0.05) is 29.8 Å². The summed E-state index contributed by atoms with van der Waals surface area (Å²) >= 11 is 1.39. The molecular formula is C17H20F2N4OS. The predicted molar refractivity (Wildman–Crippen MR) is 92.3 cm³/mol. The van der Waals surface area contributed by atoms with Crippen LogP contribution in [0.25, 0.3) is 11.3 Å². The van der Waals surface area contributed by atoms with Gasteiger partial charge in [0.05, 0.1) is 12.7 Å². The second-order valence-corrected chi connectivity index (χ2v) is 7.23. The Bertz CT molecular complexity index is 695. The third-order valence-electron chi connectivity index (χ3n) is 4.33. The molecule has 134 valence electrons. The quantitative estimate of drug-likeness (QED) is 0.461. The minimum atomic E-state index is -2.50. The first-order valence-electron chi connectivity index (χ1n) is 8.27. The number of rotatable bonds is 7. The van der Waals surface area contributed by atoms with Crippen molar-refractivity contribution in [3.05, 3.63) is 30.5 Å². The number of carbonyl (C=O) groups is 1. The second-order valence-electron chi connectivity index (χ2n) is 6.27. The van der Waals surface area contributed by atoms with E-state index in [1.807, 2.05) is 30.5 Å². The molecule has 2 aromatic rings. The van der Waals surface area contributed by atoms with Crippen LogP contribution in [0.5, 0.6) is 0 Å². The van der Waals surface area contributed by atoms with Crippen molar-refractivity contribution in [2.75, 3.05) is 6.54 Å². The topological polar surface area (TPSA) is 59.8 Å². The smallest absolute Gasteiger partial charge is 0.248 e. The van der Waals surface area contributed by atoms with Gasteiger partial charge in [-0.1, -0.05) is 17.3 Å². The van der Waals surface area contributed by atoms with Crippen molar-refractivity contribution in [1.29, 1.82) is 0 Å². The zero-order chi connectivity index (χ0) is 17.7. The number of benzene rings is 1. The Morgan fingerprint density at radius 1 is 1.28 bits per heavy atom. The van der Waals surface area contributed by atoms with Crippen molar-refractivity contribution in [3.63, 3.8) is 0 Å². The van der Waals surface area contributed by atoms with Crippen LogP contribution in [0.3, 0.4) is 0 Å². The summed E-state index contributed by atoms with van der Waals surface area (Å²) in [6.45, 7) is 0.931. The fourth-order valence-corrected chi connectivity index (χ4v) is 3.51. The first-order valence-corrected chi connectivity index (χ1v) is 9.09. The van der Waals surface area contributed by atoms with Gasteiger partial charge in [0.15, 0.2) is 0 Å². The number of carbonyl (C=O) groups excluding carboxylic acids is 1. The molecule has 1 aromatic carbocycles. The summed E-state index contributed by atoms with van der Waals surface area (Å²) in [7, 11) is 0. The SMILES string of the molecule is O=CCNSc1ccc(-c2cn(CC3CCC(F)(F)CC3)nn2)cc1. The van der Waals surface area contributed by atoms with Crippen molar-refractivity contribution in [1.82, 2.24) is 19.7 Å². The molecule has 0 amide bonds. The summed E-state index contributed by atoms with van der Waals surface area (Å²) in [6, 6.07) is 7.78. The third kappa shape index (κ3) is 5.09. The summed E-state index contributed by atoms with van der Waals surface area (Å²) < 4.78 is 31.1. The number of nitrogens with zero attached hydrogens (tertiary/aromatic N) is 3. The van der Waals surface area contributed by atoms with Gasteiger partial charge in [-0.25, -0.2) is 8.78 Å². The van der Waals surface area contributed by atoms with E-state index in [1.54, 1.807) is 4.68 Å². The van der Waals surface area contributed by atoms with Gasteiger partial charge < -0.3 is 4.79 Å². The maximum atomic E-state index is 13.2. The Hall–Kier alpha value is -1.80. The highest BCUT2D eigenvalue weighted by molar-refractivity contribution is 7.97. The normalized spacial score (nSPS) is 17.5. The minimum Gasteiger partial charge on any atom is -0.302 e. The van der Waals surface area contributed by atoms with Gasteiger partial charge >= 0.3 is 0 Å². The van der Waals surface area contributed by atoms with Gasteiger partial charge in [-0.15, -0.1) is 5.10 Å². The van der Waals surface area contributed by atoms with Crippen molar-refractivity contribution < 1.29 is 13.6 Å². The highest BCUT2D eigenvalue weighted by Gasteiger charge is 2.34. The average molecular weight is 366 g/mol. The molecule has 0 bridgehead atoms. The van der Waals surface area contributed by atoms with Crippen molar-refractivity contribution >= 4 is 18.2 Å². The summed E-state index contributed by atoms with van der Waals surface area (Å²) in [6.07, 6.45) is 3.67. The van der Waals surface area contributed by atoms with E-state index in [4.69, 9.17) is 0 Å². The molecule has 0 spiro atoms. The Morgan fingerprint density at radius 2 is 2.00 bits per heavy atom. The molecule has 0 unspecified atom stereocenters. The lowest BCUT2D eigenvalue weighted by molar-refractivity contribution is -0.106. The molecule has 0 saturated heterocycles. The number of nitrogens with one attached hydrogen (secondary N) is 1. The van der Waals surface area contributed by atoms with Crippen LogP contribution < -0.4 is 4.72 Å². The molecule has 5 nitrogen and oxygen atoms in total. The third-order valence-corrected chi connectivity index (χ3v) is 5.15. The van der Waals surface area contributed by atoms with E-state index >= 15 is 0 Å². The Labute approximate surface area is 149 Å². The molecule has 1 heterocycles. The lowest BCUT2D eigenvalue weighted by Crippen LogP contribution is -2.26. The highest BCUT2D eigenvalue weighted by atomic mass is 32.2. The molecule has 1 N–H and O–H groups in total. The molecular weight excluding hydrogens is 346 g/mol. The van der Waals surface area contributed by atoms with Crippen LogP contribution in [0, 0.1) is 5.92 Å². The molecule has 8 heteroatoms. The van der Waals surface area contributed by atoms with Crippen LogP contribution in [0.15, 0.2) is 35.4 Å². The first kappa shape index (κ1) is 18.0. The summed E-state index contributed by atoms with van der Waals surface area (Å²) in [4.78, 5) is 11.3. The molecule has 0 atom stereocenters. The zero-order valence-corrected chi connectivity index (χ0v) is 14.5. The number of alkyl halides is 2. The monoisotopic (exact) mass is 366 g/mol. The molecule has 0 radical (unpaired) electrons. The fraction of sp³-hybridized carbons (Fsp3) is 0.471. The van der Waals surface area contributed by atoms with E-state index in [0.717, 1.165) is 22.4 Å². The van der Waals surface area contributed by atoms with E-state index in [-0.39, 0.29) is 18.8 Å². The van der Waals surface area contributed by atoms with Crippen LogP contribution in [-0.2, 0) is 11.3 Å². The van der Waals surface area contributed by atoms with Gasteiger partial charge in [0.1, 0.15) is 12.0 Å². The van der Waals surface area contributed by atoms with E-state index in [0.29, 0.717) is 25.9 Å². The van der Waals surface area contributed by atoms with Crippen LogP contribution in [-0.4, -0.2) is 33.7 Å². The number of halogens is 2. The van der Waals surface area contributed by atoms with Gasteiger partial charge in [-0.3, -0.25) is 9.40 Å². The maximum absolute atomic E-state index is 13.2. The molecule has 0 aliphatic heterocycles. The number of hydrogen-bond acceptors (Lipinski definition) is 5. The van der Waals surface area contributed by atoms with E-state index < -0.39 is 5.92 Å². The molecule has 3 rings (SSSR count). The number of hydrogen-bond donors (Lipinski definition) is 1. The van der Waals surface area contributed by atoms with Crippen LogP contribution in [0.2, 0.25) is 0 Å². The van der Waals surface area contributed by atoms with Gasteiger partial charge in [0.25, 0.3) is 0 Å². The molecule has 1 aromatic heterocycles. The van der Waals surface area contributed by atoms with Gasteiger partial charge in [-0.2, -0.15) is 0 Å². The lowest BCUT2D eigenvalue weighted by atomic mass is 9.87. The van der Waals surface area contributed by atoms with Gasteiger partial charge in [-0.05, 0) is 42.8 Å². The summed E-state index contributed by atoms with van der Waals surface area (Å²) in [5.41, 5.74) is 1.71. The van der Waals surface area contributed by atoms with Crippen LogP contribution in [0.4, 0.5) is 8.78 Å². The molecule has 1 aliphatic rings.